The number of hydrogen-bond donors (Lipinski definition) is 4. The van der Waals surface area contributed by atoms with Gasteiger partial charge in [-0.25, -0.2) is 5.43 Å². The smallest absolute Gasteiger partial charge is 0.329 e. The summed E-state index contributed by atoms with van der Waals surface area (Å²) >= 11 is 0. The topological polar surface area (TPSA) is 129 Å². The van der Waals surface area contributed by atoms with Gasteiger partial charge in [0, 0.05) is 18.3 Å². The molecule has 4 amide bonds. The van der Waals surface area contributed by atoms with E-state index in [1.807, 2.05) is 0 Å². The molecule has 4 N–H and O–H groups in total. The van der Waals surface area contributed by atoms with E-state index in [-0.39, 0.29) is 29.6 Å². The number of carbonyl (C=O) groups excluding carboxylic acids is 4. The van der Waals surface area contributed by atoms with Crippen molar-refractivity contribution in [2.75, 3.05) is 5.32 Å². The fraction of sp³-hybridized carbons (Fsp3) is 0.560. The van der Waals surface area contributed by atoms with Crippen LogP contribution in [0.15, 0.2) is 29.4 Å². The molecule has 3 atom stereocenters. The summed E-state index contributed by atoms with van der Waals surface area (Å²) in [6.07, 6.45) is 11.7. The SMILES string of the molecule is O=C(N/N=C/C1CC2CCCCC2NC1=O)C(=O)Nc1ccccc1C(=O)NC1CCCCC1. The first-order valence-electron chi connectivity index (χ1n) is 12.4. The molecule has 2 saturated carbocycles. The molecule has 9 nitrogen and oxygen atoms in total. The van der Waals surface area contributed by atoms with Crippen molar-refractivity contribution >= 4 is 35.5 Å². The summed E-state index contributed by atoms with van der Waals surface area (Å²) in [7, 11) is 0. The molecule has 34 heavy (non-hydrogen) atoms. The van der Waals surface area contributed by atoms with Gasteiger partial charge in [0.15, 0.2) is 0 Å². The summed E-state index contributed by atoms with van der Waals surface area (Å²) in [6.45, 7) is 0. The van der Waals surface area contributed by atoms with Crippen LogP contribution in [0.1, 0.15) is 74.6 Å². The number of nitrogens with one attached hydrogen (secondary N) is 4. The Labute approximate surface area is 199 Å². The predicted molar refractivity (Wildman–Crippen MR) is 128 cm³/mol. The average molecular weight is 468 g/mol. The van der Waals surface area contributed by atoms with E-state index in [9.17, 15) is 19.2 Å². The summed E-state index contributed by atoms with van der Waals surface area (Å²) < 4.78 is 0. The second kappa shape index (κ2) is 11.3. The van der Waals surface area contributed by atoms with E-state index in [4.69, 9.17) is 0 Å². The van der Waals surface area contributed by atoms with Gasteiger partial charge < -0.3 is 16.0 Å². The fourth-order valence-corrected chi connectivity index (χ4v) is 5.25. The third kappa shape index (κ3) is 6.01. The van der Waals surface area contributed by atoms with Gasteiger partial charge in [0.2, 0.25) is 5.91 Å². The third-order valence-electron chi connectivity index (χ3n) is 7.12. The largest absolute Gasteiger partial charge is 0.353 e. The number of anilines is 1. The summed E-state index contributed by atoms with van der Waals surface area (Å²) in [5, 5.41) is 12.4. The molecular formula is C25H33N5O4. The van der Waals surface area contributed by atoms with Gasteiger partial charge in [-0.1, -0.05) is 44.2 Å². The maximum Gasteiger partial charge on any atom is 0.329 e. The minimum Gasteiger partial charge on any atom is -0.353 e. The maximum atomic E-state index is 12.7. The number of para-hydroxylation sites is 1. The van der Waals surface area contributed by atoms with Crippen LogP contribution in [0.3, 0.4) is 0 Å². The van der Waals surface area contributed by atoms with E-state index in [1.165, 1.54) is 12.6 Å². The van der Waals surface area contributed by atoms with Crippen molar-refractivity contribution in [1.82, 2.24) is 16.1 Å². The molecule has 182 valence electrons. The molecule has 2 aliphatic carbocycles. The summed E-state index contributed by atoms with van der Waals surface area (Å²) in [6, 6.07) is 6.96. The monoisotopic (exact) mass is 467 g/mol. The second-order valence-corrected chi connectivity index (χ2v) is 9.53. The molecule has 1 aromatic rings. The highest BCUT2D eigenvalue weighted by Crippen LogP contribution is 2.32. The van der Waals surface area contributed by atoms with Gasteiger partial charge in [0.1, 0.15) is 0 Å². The molecule has 1 aliphatic heterocycles. The number of nitrogens with zero attached hydrogens (tertiary/aromatic N) is 1. The van der Waals surface area contributed by atoms with Crippen LogP contribution in [0.2, 0.25) is 0 Å². The van der Waals surface area contributed by atoms with Crippen LogP contribution < -0.4 is 21.4 Å². The van der Waals surface area contributed by atoms with Gasteiger partial charge in [-0.2, -0.15) is 5.10 Å². The molecule has 1 saturated heterocycles. The Bertz CT molecular complexity index is 956. The Hall–Kier alpha value is -3.23. The van der Waals surface area contributed by atoms with Crippen LogP contribution in [-0.2, 0) is 14.4 Å². The van der Waals surface area contributed by atoms with Crippen molar-refractivity contribution in [2.24, 2.45) is 16.9 Å². The Kier molecular flexibility index (Phi) is 7.92. The Morgan fingerprint density at radius 3 is 2.50 bits per heavy atom. The molecule has 9 heteroatoms. The van der Waals surface area contributed by atoms with Crippen LogP contribution >= 0.6 is 0 Å². The van der Waals surface area contributed by atoms with Gasteiger partial charge in [-0.05, 0) is 50.2 Å². The second-order valence-electron chi connectivity index (χ2n) is 9.53. The molecule has 4 rings (SSSR count). The molecule has 0 bridgehead atoms. The Morgan fingerprint density at radius 2 is 1.68 bits per heavy atom. The first-order chi connectivity index (χ1) is 16.5. The first kappa shape index (κ1) is 23.9. The molecule has 3 fully saturated rings. The summed E-state index contributed by atoms with van der Waals surface area (Å²) in [4.78, 5) is 49.7. The summed E-state index contributed by atoms with van der Waals surface area (Å²) in [5.74, 6) is -2.26. The molecule has 1 heterocycles. The molecule has 3 unspecified atom stereocenters. The minimum atomic E-state index is -0.967. The Balaban J connectivity index is 1.30. The molecule has 0 spiro atoms. The van der Waals surface area contributed by atoms with E-state index in [1.54, 1.807) is 24.3 Å². The lowest BCUT2D eigenvalue weighted by Crippen LogP contribution is -2.51. The fourth-order valence-electron chi connectivity index (χ4n) is 5.25. The van der Waals surface area contributed by atoms with Gasteiger partial charge in [0.25, 0.3) is 5.91 Å². The Morgan fingerprint density at radius 1 is 0.941 bits per heavy atom. The highest BCUT2D eigenvalue weighted by atomic mass is 16.2. The van der Waals surface area contributed by atoms with Crippen LogP contribution in [0.5, 0.6) is 0 Å². The highest BCUT2D eigenvalue weighted by Gasteiger charge is 2.36. The quantitative estimate of drug-likeness (QED) is 0.301. The van der Waals surface area contributed by atoms with Crippen LogP contribution in [0, 0.1) is 11.8 Å². The van der Waals surface area contributed by atoms with Gasteiger partial charge in [-0.3, -0.25) is 19.2 Å². The zero-order chi connectivity index (χ0) is 23.9. The van der Waals surface area contributed by atoms with Crippen molar-refractivity contribution in [3.05, 3.63) is 29.8 Å². The van der Waals surface area contributed by atoms with Gasteiger partial charge in [-0.15, -0.1) is 0 Å². The zero-order valence-corrected chi connectivity index (χ0v) is 19.3. The van der Waals surface area contributed by atoms with Crippen molar-refractivity contribution in [1.29, 1.82) is 0 Å². The van der Waals surface area contributed by atoms with Gasteiger partial charge in [0.05, 0.1) is 17.2 Å². The lowest BCUT2D eigenvalue weighted by Gasteiger charge is -2.38. The summed E-state index contributed by atoms with van der Waals surface area (Å²) in [5.41, 5.74) is 2.76. The number of piperidine rings is 1. The molecule has 0 aromatic heterocycles. The molecule has 1 aromatic carbocycles. The van der Waals surface area contributed by atoms with Crippen LogP contribution in [0.4, 0.5) is 5.69 Å². The van der Waals surface area contributed by atoms with E-state index in [0.717, 1.165) is 51.4 Å². The van der Waals surface area contributed by atoms with Crippen LogP contribution in [-0.4, -0.2) is 41.9 Å². The highest BCUT2D eigenvalue weighted by molar-refractivity contribution is 6.40. The average Bonchev–Trinajstić information content (AvgIpc) is 2.85. The standard InChI is InChI=1S/C25H33N5O4/c31-22-17(14-16-8-4-6-12-20(16)28-22)15-26-30-25(34)24(33)29-21-13-7-5-11-19(21)23(32)27-18-9-2-1-3-10-18/h5,7,11,13,15-18,20H,1-4,6,8-10,12,14H2,(H,27,32)(H,28,31)(H,29,33)(H,30,34)/b26-15+. The van der Waals surface area contributed by atoms with E-state index >= 15 is 0 Å². The number of hydrazone groups is 1. The minimum absolute atomic E-state index is 0.0940. The van der Waals surface area contributed by atoms with Crippen molar-refractivity contribution in [3.8, 4) is 0 Å². The lowest BCUT2D eigenvalue weighted by atomic mass is 9.76. The van der Waals surface area contributed by atoms with Crippen molar-refractivity contribution < 1.29 is 19.2 Å². The first-order valence-corrected chi connectivity index (χ1v) is 12.4. The van der Waals surface area contributed by atoms with Gasteiger partial charge >= 0.3 is 11.8 Å². The van der Waals surface area contributed by atoms with Crippen LogP contribution in [0.25, 0.3) is 0 Å². The van der Waals surface area contributed by atoms with E-state index in [2.05, 4.69) is 26.5 Å². The molecule has 0 radical (unpaired) electrons. The number of benzene rings is 1. The van der Waals surface area contributed by atoms with Crippen molar-refractivity contribution in [2.45, 2.75) is 76.3 Å². The number of hydrogen-bond acceptors (Lipinski definition) is 5. The number of fused-ring (bicyclic) bond motifs is 1. The normalized spacial score (nSPS) is 25.2. The predicted octanol–water partition coefficient (Wildman–Crippen LogP) is 2.48. The number of carbonyl (C=O) groups is 4. The maximum absolute atomic E-state index is 12.7. The number of amides is 4. The third-order valence-corrected chi connectivity index (χ3v) is 7.12. The van der Waals surface area contributed by atoms with E-state index in [0.29, 0.717) is 17.9 Å². The number of rotatable bonds is 5. The zero-order valence-electron chi connectivity index (χ0n) is 19.3. The van der Waals surface area contributed by atoms with Crippen molar-refractivity contribution in [3.63, 3.8) is 0 Å². The lowest BCUT2D eigenvalue weighted by molar-refractivity contribution is -0.136. The molecule has 3 aliphatic rings. The molecular weight excluding hydrogens is 434 g/mol. The van der Waals surface area contributed by atoms with E-state index < -0.39 is 17.7 Å².